The van der Waals surface area contributed by atoms with E-state index >= 15 is 0 Å². The van der Waals surface area contributed by atoms with Crippen molar-refractivity contribution in [1.82, 2.24) is 10.6 Å². The van der Waals surface area contributed by atoms with E-state index in [0.29, 0.717) is 12.1 Å². The molecule has 0 bridgehead atoms. The van der Waals surface area contributed by atoms with Gasteiger partial charge in [0.15, 0.2) is 0 Å². The minimum atomic E-state index is -4.50. The summed E-state index contributed by atoms with van der Waals surface area (Å²) in [4.78, 5) is 11.9. The molecular formula is C19H21Cl2F3N2O. The smallest absolute Gasteiger partial charge is 0.352 e. The van der Waals surface area contributed by atoms with Gasteiger partial charge in [-0.3, -0.25) is 4.79 Å². The lowest BCUT2D eigenvalue weighted by atomic mass is 10.0. The van der Waals surface area contributed by atoms with E-state index in [0.717, 1.165) is 11.6 Å². The van der Waals surface area contributed by atoms with Crippen molar-refractivity contribution in [2.45, 2.75) is 32.1 Å². The molecule has 27 heavy (non-hydrogen) atoms. The van der Waals surface area contributed by atoms with Crippen molar-refractivity contribution in [3.8, 4) is 0 Å². The minimum Gasteiger partial charge on any atom is -0.352 e. The second kappa shape index (κ2) is 10.5. The van der Waals surface area contributed by atoms with E-state index in [1.165, 1.54) is 12.1 Å². The molecule has 0 heterocycles. The first-order chi connectivity index (χ1) is 12.3. The van der Waals surface area contributed by atoms with Crippen LogP contribution in [0.2, 0.25) is 5.02 Å². The van der Waals surface area contributed by atoms with Crippen molar-refractivity contribution < 1.29 is 18.0 Å². The van der Waals surface area contributed by atoms with Crippen molar-refractivity contribution in [1.29, 1.82) is 0 Å². The lowest BCUT2D eigenvalue weighted by Crippen LogP contribution is -2.39. The summed E-state index contributed by atoms with van der Waals surface area (Å²) in [6.07, 6.45) is -4.22. The van der Waals surface area contributed by atoms with E-state index in [1.807, 2.05) is 30.3 Å². The molecule has 0 radical (unpaired) electrons. The van der Waals surface area contributed by atoms with Gasteiger partial charge in [0.05, 0.1) is 17.1 Å². The fraction of sp³-hybridized carbons (Fsp3) is 0.316. The Balaban J connectivity index is 0.00000364. The van der Waals surface area contributed by atoms with Crippen molar-refractivity contribution in [3.05, 3.63) is 70.2 Å². The number of hydrogen-bond acceptors (Lipinski definition) is 2. The van der Waals surface area contributed by atoms with Crippen LogP contribution in [0.3, 0.4) is 0 Å². The lowest BCUT2D eigenvalue weighted by molar-refractivity contribution is -0.137. The average Bonchev–Trinajstić information content (AvgIpc) is 2.56. The van der Waals surface area contributed by atoms with Crippen LogP contribution >= 0.6 is 24.0 Å². The quantitative estimate of drug-likeness (QED) is 0.685. The number of halogens is 5. The second-order valence-corrected chi connectivity index (χ2v) is 6.48. The molecule has 0 saturated heterocycles. The molecule has 0 aliphatic heterocycles. The Morgan fingerprint density at radius 1 is 1.11 bits per heavy atom. The monoisotopic (exact) mass is 420 g/mol. The summed E-state index contributed by atoms with van der Waals surface area (Å²) in [5, 5.41) is 5.47. The number of carbonyl (C=O) groups excluding carboxylic acids is 1. The summed E-state index contributed by atoms with van der Waals surface area (Å²) in [6.45, 7) is 2.44. The number of rotatable bonds is 7. The molecule has 1 unspecified atom stereocenters. The summed E-state index contributed by atoms with van der Waals surface area (Å²) in [5.41, 5.74) is 0.667. The van der Waals surface area contributed by atoms with Gasteiger partial charge in [0.1, 0.15) is 0 Å². The molecule has 0 fully saturated rings. The minimum absolute atomic E-state index is 0. The normalized spacial score (nSPS) is 12.2. The molecule has 8 heteroatoms. The second-order valence-electron chi connectivity index (χ2n) is 6.07. The first-order valence-corrected chi connectivity index (χ1v) is 8.53. The molecular weight excluding hydrogens is 400 g/mol. The Morgan fingerprint density at radius 3 is 2.41 bits per heavy atom. The molecule has 1 amide bonds. The molecule has 0 aliphatic rings. The van der Waals surface area contributed by atoms with Gasteiger partial charge < -0.3 is 10.6 Å². The first-order valence-electron chi connectivity index (χ1n) is 8.15. The zero-order valence-corrected chi connectivity index (χ0v) is 16.2. The van der Waals surface area contributed by atoms with E-state index in [9.17, 15) is 18.0 Å². The van der Waals surface area contributed by atoms with Gasteiger partial charge in [-0.2, -0.15) is 13.2 Å². The van der Waals surface area contributed by atoms with Crippen LogP contribution in [0.4, 0.5) is 13.2 Å². The van der Waals surface area contributed by atoms with Crippen LogP contribution in [0.5, 0.6) is 0 Å². The predicted molar refractivity (Wildman–Crippen MR) is 103 cm³/mol. The van der Waals surface area contributed by atoms with Gasteiger partial charge in [-0.1, -0.05) is 48.0 Å². The number of carbonyl (C=O) groups is 1. The Morgan fingerprint density at radius 2 is 1.78 bits per heavy atom. The molecule has 2 N–H and O–H groups in total. The first kappa shape index (κ1) is 23.3. The molecule has 2 aromatic carbocycles. The number of amides is 1. The molecule has 2 aromatic rings. The number of nitrogens with one attached hydrogen (secondary N) is 2. The summed E-state index contributed by atoms with van der Waals surface area (Å²) < 4.78 is 38.7. The maximum atomic E-state index is 12.9. The van der Waals surface area contributed by atoms with Crippen LogP contribution in [-0.2, 0) is 23.9 Å². The van der Waals surface area contributed by atoms with Gasteiger partial charge in [-0.25, -0.2) is 0 Å². The highest BCUT2D eigenvalue weighted by molar-refractivity contribution is 6.31. The van der Waals surface area contributed by atoms with E-state index in [2.05, 4.69) is 10.6 Å². The Labute approximate surface area is 167 Å². The van der Waals surface area contributed by atoms with E-state index in [-0.39, 0.29) is 42.3 Å². The average molecular weight is 421 g/mol. The largest absolute Gasteiger partial charge is 0.417 e. The van der Waals surface area contributed by atoms with Gasteiger partial charge in [0, 0.05) is 12.6 Å². The molecule has 0 saturated carbocycles. The van der Waals surface area contributed by atoms with E-state index in [4.69, 9.17) is 11.6 Å². The standard InChI is InChI=1S/C19H20ClF3N2O.ClH/c1-13(9-15-7-8-17(20)16(10-15)19(21,22)23)25-18(26)12-24-11-14-5-3-2-4-6-14;/h2-8,10,13,24H,9,11-12H2,1H3,(H,25,26);1H. The van der Waals surface area contributed by atoms with Crippen molar-refractivity contribution in [3.63, 3.8) is 0 Å². The van der Waals surface area contributed by atoms with Crippen molar-refractivity contribution >= 4 is 29.9 Å². The Bertz CT molecular complexity index is 739. The van der Waals surface area contributed by atoms with Gasteiger partial charge >= 0.3 is 6.18 Å². The van der Waals surface area contributed by atoms with Crippen LogP contribution in [-0.4, -0.2) is 18.5 Å². The molecule has 0 aromatic heterocycles. The van der Waals surface area contributed by atoms with Crippen molar-refractivity contribution in [2.75, 3.05) is 6.54 Å². The topological polar surface area (TPSA) is 41.1 Å². The van der Waals surface area contributed by atoms with Gasteiger partial charge in [-0.05, 0) is 36.6 Å². The van der Waals surface area contributed by atoms with Crippen LogP contribution in [0.1, 0.15) is 23.6 Å². The maximum absolute atomic E-state index is 12.9. The highest BCUT2D eigenvalue weighted by Gasteiger charge is 2.33. The van der Waals surface area contributed by atoms with Crippen LogP contribution in [0.25, 0.3) is 0 Å². The molecule has 3 nitrogen and oxygen atoms in total. The fourth-order valence-electron chi connectivity index (χ4n) is 2.56. The SMILES string of the molecule is CC(Cc1ccc(Cl)c(C(F)(F)F)c1)NC(=O)CNCc1ccccc1.Cl. The lowest BCUT2D eigenvalue weighted by Gasteiger charge is -2.16. The Kier molecular flexibility index (Phi) is 9.09. The van der Waals surface area contributed by atoms with Gasteiger partial charge in [0.25, 0.3) is 0 Å². The highest BCUT2D eigenvalue weighted by atomic mass is 35.5. The van der Waals surface area contributed by atoms with Gasteiger partial charge in [0.2, 0.25) is 5.91 Å². The van der Waals surface area contributed by atoms with Crippen LogP contribution in [0.15, 0.2) is 48.5 Å². The molecule has 0 spiro atoms. The zero-order chi connectivity index (χ0) is 19.2. The third kappa shape index (κ3) is 7.79. The zero-order valence-electron chi connectivity index (χ0n) is 14.6. The van der Waals surface area contributed by atoms with E-state index < -0.39 is 11.7 Å². The molecule has 2 rings (SSSR count). The molecule has 1 atom stereocenters. The van der Waals surface area contributed by atoms with Crippen LogP contribution < -0.4 is 10.6 Å². The summed E-state index contributed by atoms with van der Waals surface area (Å²) in [7, 11) is 0. The van der Waals surface area contributed by atoms with Crippen molar-refractivity contribution in [2.24, 2.45) is 0 Å². The number of hydrogen-bond donors (Lipinski definition) is 2. The predicted octanol–water partition coefficient (Wildman–Crippen LogP) is 4.62. The number of alkyl halides is 3. The highest BCUT2D eigenvalue weighted by Crippen LogP contribution is 2.35. The van der Waals surface area contributed by atoms with E-state index in [1.54, 1.807) is 6.92 Å². The van der Waals surface area contributed by atoms with Crippen LogP contribution in [0, 0.1) is 0 Å². The summed E-state index contributed by atoms with van der Waals surface area (Å²) >= 11 is 5.61. The molecule has 0 aliphatic carbocycles. The summed E-state index contributed by atoms with van der Waals surface area (Å²) in [6, 6.07) is 13.1. The fourth-order valence-corrected chi connectivity index (χ4v) is 2.79. The van der Waals surface area contributed by atoms with Gasteiger partial charge in [-0.15, -0.1) is 12.4 Å². The third-order valence-electron chi connectivity index (χ3n) is 3.74. The summed E-state index contributed by atoms with van der Waals surface area (Å²) in [5.74, 6) is -0.210. The third-order valence-corrected chi connectivity index (χ3v) is 4.07. The maximum Gasteiger partial charge on any atom is 0.417 e. The Hall–Kier alpha value is -1.76. The number of benzene rings is 2. The molecule has 148 valence electrons.